The molecule has 0 bridgehead atoms. The van der Waals surface area contributed by atoms with Gasteiger partial charge in [0.05, 0.1) is 6.61 Å². The standard InChI is InChI=1S/C13H28N2O2/c1-11(2)10-17-9-8-15-13(16)6-5-7-14-12(3)4/h11-12,14H,5-10H2,1-4H3,(H,15,16). The van der Waals surface area contributed by atoms with E-state index in [1.165, 1.54) is 0 Å². The monoisotopic (exact) mass is 244 g/mol. The summed E-state index contributed by atoms with van der Waals surface area (Å²) >= 11 is 0. The first-order valence-corrected chi connectivity index (χ1v) is 6.60. The van der Waals surface area contributed by atoms with Gasteiger partial charge >= 0.3 is 0 Å². The highest BCUT2D eigenvalue weighted by Crippen LogP contribution is 1.92. The topological polar surface area (TPSA) is 50.4 Å². The SMILES string of the molecule is CC(C)COCCNC(=O)CCCNC(C)C. The Morgan fingerprint density at radius 1 is 1.18 bits per heavy atom. The Hall–Kier alpha value is -0.610. The van der Waals surface area contributed by atoms with E-state index in [0.29, 0.717) is 31.5 Å². The van der Waals surface area contributed by atoms with Gasteiger partial charge in [-0.3, -0.25) is 4.79 Å². The highest BCUT2D eigenvalue weighted by Gasteiger charge is 2.01. The van der Waals surface area contributed by atoms with Gasteiger partial charge in [0.2, 0.25) is 5.91 Å². The molecule has 0 aliphatic carbocycles. The fourth-order valence-corrected chi connectivity index (χ4v) is 1.31. The lowest BCUT2D eigenvalue weighted by Crippen LogP contribution is -2.29. The first-order chi connectivity index (χ1) is 8.02. The number of hydrogen-bond acceptors (Lipinski definition) is 3. The lowest BCUT2D eigenvalue weighted by molar-refractivity contribution is -0.121. The molecule has 0 radical (unpaired) electrons. The quantitative estimate of drug-likeness (QED) is 0.573. The average Bonchev–Trinajstić information content (AvgIpc) is 2.23. The maximum Gasteiger partial charge on any atom is 0.220 e. The van der Waals surface area contributed by atoms with Crippen LogP contribution in [0.15, 0.2) is 0 Å². The van der Waals surface area contributed by atoms with E-state index in [1.807, 2.05) is 0 Å². The molecule has 0 saturated carbocycles. The number of carbonyl (C=O) groups is 1. The summed E-state index contributed by atoms with van der Waals surface area (Å²) in [7, 11) is 0. The van der Waals surface area contributed by atoms with E-state index in [0.717, 1.165) is 19.6 Å². The molecule has 0 atom stereocenters. The summed E-state index contributed by atoms with van der Waals surface area (Å²) in [6.07, 6.45) is 1.47. The molecule has 1 amide bonds. The van der Waals surface area contributed by atoms with E-state index >= 15 is 0 Å². The summed E-state index contributed by atoms with van der Waals surface area (Å²) in [5.74, 6) is 0.663. The molecule has 0 rings (SSSR count). The fourth-order valence-electron chi connectivity index (χ4n) is 1.31. The van der Waals surface area contributed by atoms with Crippen LogP contribution < -0.4 is 10.6 Å². The maximum absolute atomic E-state index is 11.4. The molecule has 0 fully saturated rings. The van der Waals surface area contributed by atoms with Crippen LogP contribution in [0.25, 0.3) is 0 Å². The van der Waals surface area contributed by atoms with Crippen molar-refractivity contribution in [3.63, 3.8) is 0 Å². The van der Waals surface area contributed by atoms with Gasteiger partial charge in [0, 0.05) is 25.6 Å². The molecule has 0 heterocycles. The van der Waals surface area contributed by atoms with Crippen molar-refractivity contribution in [3.05, 3.63) is 0 Å². The highest BCUT2D eigenvalue weighted by atomic mass is 16.5. The molecule has 0 aromatic carbocycles. The third-order valence-corrected chi connectivity index (χ3v) is 2.15. The van der Waals surface area contributed by atoms with Crippen molar-refractivity contribution >= 4 is 5.91 Å². The highest BCUT2D eigenvalue weighted by molar-refractivity contribution is 5.75. The van der Waals surface area contributed by atoms with Crippen molar-refractivity contribution in [2.45, 2.75) is 46.6 Å². The Labute approximate surface area is 105 Å². The Balaban J connectivity index is 3.23. The Morgan fingerprint density at radius 3 is 2.47 bits per heavy atom. The molecule has 102 valence electrons. The van der Waals surface area contributed by atoms with Gasteiger partial charge in [0.1, 0.15) is 0 Å². The minimum absolute atomic E-state index is 0.115. The summed E-state index contributed by atoms with van der Waals surface area (Å²) in [4.78, 5) is 11.4. The van der Waals surface area contributed by atoms with Crippen LogP contribution in [0.5, 0.6) is 0 Å². The Bertz CT molecular complexity index is 194. The molecule has 0 spiro atoms. The third-order valence-electron chi connectivity index (χ3n) is 2.15. The minimum atomic E-state index is 0.115. The second-order valence-corrected chi connectivity index (χ2v) is 5.03. The lowest BCUT2D eigenvalue weighted by atomic mass is 10.2. The summed E-state index contributed by atoms with van der Waals surface area (Å²) in [6, 6.07) is 0.488. The summed E-state index contributed by atoms with van der Waals surface area (Å²) in [6.45, 7) is 11.3. The predicted molar refractivity (Wildman–Crippen MR) is 71.0 cm³/mol. The van der Waals surface area contributed by atoms with Crippen LogP contribution in [0.4, 0.5) is 0 Å². The molecular formula is C13H28N2O2. The number of nitrogens with one attached hydrogen (secondary N) is 2. The van der Waals surface area contributed by atoms with Crippen LogP contribution in [0.1, 0.15) is 40.5 Å². The van der Waals surface area contributed by atoms with Crippen LogP contribution in [0, 0.1) is 5.92 Å². The summed E-state index contributed by atoms with van der Waals surface area (Å²) < 4.78 is 5.38. The van der Waals surface area contributed by atoms with E-state index in [9.17, 15) is 4.79 Å². The third kappa shape index (κ3) is 13.3. The van der Waals surface area contributed by atoms with Gasteiger partial charge in [-0.15, -0.1) is 0 Å². The number of rotatable bonds is 10. The molecular weight excluding hydrogens is 216 g/mol. The molecule has 0 aliphatic heterocycles. The Morgan fingerprint density at radius 2 is 1.88 bits per heavy atom. The van der Waals surface area contributed by atoms with E-state index in [-0.39, 0.29) is 5.91 Å². The molecule has 2 N–H and O–H groups in total. The minimum Gasteiger partial charge on any atom is -0.379 e. The van der Waals surface area contributed by atoms with Crippen LogP contribution in [-0.2, 0) is 9.53 Å². The van der Waals surface area contributed by atoms with E-state index in [2.05, 4.69) is 38.3 Å². The zero-order valence-corrected chi connectivity index (χ0v) is 11.7. The predicted octanol–water partition coefficient (Wildman–Crippen LogP) is 1.55. The fraction of sp³-hybridized carbons (Fsp3) is 0.923. The van der Waals surface area contributed by atoms with E-state index in [1.54, 1.807) is 0 Å². The zero-order chi connectivity index (χ0) is 13.1. The molecule has 0 aromatic rings. The van der Waals surface area contributed by atoms with Crippen LogP contribution in [-0.4, -0.2) is 38.3 Å². The molecule has 0 aliphatic rings. The maximum atomic E-state index is 11.4. The van der Waals surface area contributed by atoms with E-state index in [4.69, 9.17) is 4.74 Å². The van der Waals surface area contributed by atoms with E-state index < -0.39 is 0 Å². The molecule has 17 heavy (non-hydrogen) atoms. The van der Waals surface area contributed by atoms with Gasteiger partial charge in [0.15, 0.2) is 0 Å². The van der Waals surface area contributed by atoms with Gasteiger partial charge < -0.3 is 15.4 Å². The van der Waals surface area contributed by atoms with Crippen LogP contribution in [0.3, 0.4) is 0 Å². The molecule has 0 unspecified atom stereocenters. The first-order valence-electron chi connectivity index (χ1n) is 6.60. The van der Waals surface area contributed by atoms with Crippen molar-refractivity contribution in [1.29, 1.82) is 0 Å². The second-order valence-electron chi connectivity index (χ2n) is 5.03. The van der Waals surface area contributed by atoms with Gasteiger partial charge in [0.25, 0.3) is 0 Å². The second kappa shape index (κ2) is 10.5. The first kappa shape index (κ1) is 16.4. The number of amides is 1. The normalized spacial score (nSPS) is 11.2. The molecule has 0 aromatic heterocycles. The van der Waals surface area contributed by atoms with Gasteiger partial charge in [-0.25, -0.2) is 0 Å². The summed E-state index contributed by atoms with van der Waals surface area (Å²) in [5.41, 5.74) is 0. The summed E-state index contributed by atoms with van der Waals surface area (Å²) in [5, 5.41) is 6.14. The number of carbonyl (C=O) groups excluding carboxylic acids is 1. The Kier molecular flexibility index (Phi) is 10.2. The van der Waals surface area contributed by atoms with Gasteiger partial charge in [-0.2, -0.15) is 0 Å². The van der Waals surface area contributed by atoms with Crippen LogP contribution in [0.2, 0.25) is 0 Å². The zero-order valence-electron chi connectivity index (χ0n) is 11.7. The van der Waals surface area contributed by atoms with Crippen molar-refractivity contribution < 1.29 is 9.53 Å². The van der Waals surface area contributed by atoms with Gasteiger partial charge in [-0.05, 0) is 18.9 Å². The average molecular weight is 244 g/mol. The largest absolute Gasteiger partial charge is 0.379 e. The smallest absolute Gasteiger partial charge is 0.220 e. The van der Waals surface area contributed by atoms with Crippen LogP contribution >= 0.6 is 0 Å². The number of ether oxygens (including phenoxy) is 1. The van der Waals surface area contributed by atoms with Gasteiger partial charge in [-0.1, -0.05) is 27.7 Å². The van der Waals surface area contributed by atoms with Crippen molar-refractivity contribution in [3.8, 4) is 0 Å². The molecule has 4 nitrogen and oxygen atoms in total. The van der Waals surface area contributed by atoms with Crippen molar-refractivity contribution in [2.75, 3.05) is 26.3 Å². The molecule has 0 saturated heterocycles. The van der Waals surface area contributed by atoms with Crippen molar-refractivity contribution in [1.82, 2.24) is 10.6 Å². The molecule has 4 heteroatoms. The van der Waals surface area contributed by atoms with Crippen molar-refractivity contribution in [2.24, 2.45) is 5.92 Å². The lowest BCUT2D eigenvalue weighted by Gasteiger charge is -2.09. The number of hydrogen-bond donors (Lipinski definition) is 2.